The van der Waals surface area contributed by atoms with Gasteiger partial charge in [0.2, 0.25) is 0 Å². The number of anilines is 1. The zero-order valence-corrected chi connectivity index (χ0v) is 10.8. The predicted octanol–water partition coefficient (Wildman–Crippen LogP) is 3.42. The lowest BCUT2D eigenvalue weighted by molar-refractivity contribution is 0.112. The summed E-state index contributed by atoms with van der Waals surface area (Å²) in [6.45, 7) is 4.16. The second-order valence-electron chi connectivity index (χ2n) is 4.08. The van der Waals surface area contributed by atoms with Gasteiger partial charge in [0.25, 0.3) is 0 Å². The molecule has 1 aliphatic heterocycles. The Morgan fingerprint density at radius 2 is 2.25 bits per heavy atom. The Kier molecular flexibility index (Phi) is 3.44. The third-order valence-corrected chi connectivity index (χ3v) is 3.52. The minimum absolute atomic E-state index is 0.708. The Hall–Kier alpha value is -1.09. The molecule has 84 valence electrons. The number of hydrogen-bond acceptors (Lipinski definition) is 2. The van der Waals surface area contributed by atoms with Gasteiger partial charge in [-0.2, -0.15) is 0 Å². The molecule has 0 radical (unpaired) electrons. The molecule has 0 fully saturated rings. The third-order valence-electron chi connectivity index (χ3n) is 2.88. The van der Waals surface area contributed by atoms with Gasteiger partial charge in [0.1, 0.15) is 6.29 Å². The fourth-order valence-electron chi connectivity index (χ4n) is 1.84. The molecule has 0 saturated carbocycles. The summed E-state index contributed by atoms with van der Waals surface area (Å²) in [6, 6.07) is 5.73. The van der Waals surface area contributed by atoms with Crippen molar-refractivity contribution in [1.82, 2.24) is 0 Å². The van der Waals surface area contributed by atoms with E-state index in [1.807, 2.05) is 18.2 Å². The van der Waals surface area contributed by atoms with Crippen LogP contribution in [0.2, 0.25) is 0 Å². The molecule has 3 heteroatoms. The molecule has 0 aromatic heterocycles. The Bertz CT molecular complexity index is 440. The largest absolute Gasteiger partial charge is 0.367 e. The van der Waals surface area contributed by atoms with Gasteiger partial charge in [0.15, 0.2) is 0 Å². The fraction of sp³-hybridized carbons (Fsp3) is 0.308. The standard InChI is InChI=1S/C13H14BrNO/c1-10-4-6-15(7-5-10)13-3-2-11(9-16)8-12(13)14/h2-4,8-9H,5-7H2,1H3. The van der Waals surface area contributed by atoms with Gasteiger partial charge in [0, 0.05) is 23.1 Å². The summed E-state index contributed by atoms with van der Waals surface area (Å²) in [5.74, 6) is 0. The molecule has 0 unspecified atom stereocenters. The Morgan fingerprint density at radius 1 is 1.44 bits per heavy atom. The molecule has 0 spiro atoms. The van der Waals surface area contributed by atoms with Crippen molar-refractivity contribution in [1.29, 1.82) is 0 Å². The highest BCUT2D eigenvalue weighted by Crippen LogP contribution is 2.28. The first kappa shape index (κ1) is 11.4. The number of aldehydes is 1. The molecule has 0 bridgehead atoms. The van der Waals surface area contributed by atoms with Crippen LogP contribution < -0.4 is 4.90 Å². The molecule has 0 aliphatic carbocycles. The van der Waals surface area contributed by atoms with Gasteiger partial charge in [-0.3, -0.25) is 4.79 Å². The van der Waals surface area contributed by atoms with E-state index in [0.717, 1.165) is 36.0 Å². The van der Waals surface area contributed by atoms with Crippen LogP contribution in [0.15, 0.2) is 34.3 Å². The van der Waals surface area contributed by atoms with Gasteiger partial charge < -0.3 is 4.90 Å². The average Bonchev–Trinajstić information content (AvgIpc) is 2.30. The van der Waals surface area contributed by atoms with Crippen molar-refractivity contribution >= 4 is 27.9 Å². The molecule has 0 N–H and O–H groups in total. The van der Waals surface area contributed by atoms with E-state index in [2.05, 4.69) is 33.8 Å². The first-order valence-corrected chi connectivity index (χ1v) is 6.15. The monoisotopic (exact) mass is 279 g/mol. The molecule has 1 heterocycles. The predicted molar refractivity (Wildman–Crippen MR) is 70.1 cm³/mol. The molecular weight excluding hydrogens is 266 g/mol. The minimum Gasteiger partial charge on any atom is -0.367 e. The smallest absolute Gasteiger partial charge is 0.150 e. The second kappa shape index (κ2) is 4.83. The van der Waals surface area contributed by atoms with Gasteiger partial charge >= 0.3 is 0 Å². The van der Waals surface area contributed by atoms with Gasteiger partial charge in [0.05, 0.1) is 5.69 Å². The van der Waals surface area contributed by atoms with Crippen molar-refractivity contribution < 1.29 is 4.79 Å². The molecule has 1 aromatic rings. The summed E-state index contributed by atoms with van der Waals surface area (Å²) < 4.78 is 0.991. The fourth-order valence-corrected chi connectivity index (χ4v) is 2.49. The van der Waals surface area contributed by atoms with Crippen LogP contribution in [0.25, 0.3) is 0 Å². The van der Waals surface area contributed by atoms with Crippen molar-refractivity contribution in [2.75, 3.05) is 18.0 Å². The summed E-state index contributed by atoms with van der Waals surface area (Å²) in [4.78, 5) is 13.0. The van der Waals surface area contributed by atoms with Crippen LogP contribution in [0, 0.1) is 0 Å². The zero-order chi connectivity index (χ0) is 11.5. The lowest BCUT2D eigenvalue weighted by Gasteiger charge is -2.28. The van der Waals surface area contributed by atoms with Crippen LogP contribution in [0.4, 0.5) is 5.69 Å². The van der Waals surface area contributed by atoms with E-state index in [1.54, 1.807) is 0 Å². The maximum absolute atomic E-state index is 10.6. The molecule has 1 aromatic carbocycles. The lowest BCUT2D eigenvalue weighted by atomic mass is 10.1. The number of nitrogens with zero attached hydrogens (tertiary/aromatic N) is 1. The van der Waals surface area contributed by atoms with Crippen molar-refractivity contribution in [3.63, 3.8) is 0 Å². The van der Waals surface area contributed by atoms with Crippen molar-refractivity contribution in [2.24, 2.45) is 0 Å². The van der Waals surface area contributed by atoms with Crippen LogP contribution in [0.1, 0.15) is 23.7 Å². The maximum atomic E-state index is 10.6. The molecule has 2 nitrogen and oxygen atoms in total. The first-order chi connectivity index (χ1) is 7.70. The van der Waals surface area contributed by atoms with Crippen molar-refractivity contribution in [3.8, 4) is 0 Å². The summed E-state index contributed by atoms with van der Waals surface area (Å²) in [7, 11) is 0. The lowest BCUT2D eigenvalue weighted by Crippen LogP contribution is -2.28. The SMILES string of the molecule is CC1=CCN(c2ccc(C=O)cc2Br)CC1. The topological polar surface area (TPSA) is 20.3 Å². The number of carbonyl (C=O) groups is 1. The minimum atomic E-state index is 0.708. The van der Waals surface area contributed by atoms with Gasteiger partial charge in [-0.1, -0.05) is 11.6 Å². The highest BCUT2D eigenvalue weighted by Gasteiger charge is 2.12. The van der Waals surface area contributed by atoms with E-state index in [0.29, 0.717) is 5.56 Å². The van der Waals surface area contributed by atoms with E-state index < -0.39 is 0 Å². The number of benzene rings is 1. The molecule has 0 saturated heterocycles. The Balaban J connectivity index is 2.24. The van der Waals surface area contributed by atoms with Crippen LogP contribution in [-0.2, 0) is 0 Å². The molecule has 16 heavy (non-hydrogen) atoms. The van der Waals surface area contributed by atoms with E-state index in [9.17, 15) is 4.79 Å². The van der Waals surface area contributed by atoms with E-state index >= 15 is 0 Å². The van der Waals surface area contributed by atoms with E-state index in [-0.39, 0.29) is 0 Å². The van der Waals surface area contributed by atoms with Gasteiger partial charge in [-0.15, -0.1) is 0 Å². The normalized spacial score (nSPS) is 15.9. The second-order valence-corrected chi connectivity index (χ2v) is 4.93. The summed E-state index contributed by atoms with van der Waals surface area (Å²) in [5, 5.41) is 0. The molecule has 0 atom stereocenters. The average molecular weight is 280 g/mol. The van der Waals surface area contributed by atoms with Crippen LogP contribution in [-0.4, -0.2) is 19.4 Å². The Labute approximate surface area is 104 Å². The molecule has 1 aliphatic rings. The number of rotatable bonds is 2. The summed E-state index contributed by atoms with van der Waals surface area (Å²) in [6.07, 6.45) is 4.24. The summed E-state index contributed by atoms with van der Waals surface area (Å²) in [5.41, 5.74) is 3.32. The van der Waals surface area contributed by atoms with Crippen molar-refractivity contribution in [3.05, 3.63) is 39.9 Å². The number of halogens is 1. The number of hydrogen-bond donors (Lipinski definition) is 0. The van der Waals surface area contributed by atoms with Crippen LogP contribution in [0.3, 0.4) is 0 Å². The Morgan fingerprint density at radius 3 is 2.81 bits per heavy atom. The van der Waals surface area contributed by atoms with E-state index in [1.165, 1.54) is 5.57 Å². The van der Waals surface area contributed by atoms with Gasteiger partial charge in [-0.25, -0.2) is 0 Å². The van der Waals surface area contributed by atoms with Crippen LogP contribution >= 0.6 is 15.9 Å². The van der Waals surface area contributed by atoms with E-state index in [4.69, 9.17) is 0 Å². The van der Waals surface area contributed by atoms with Crippen molar-refractivity contribution in [2.45, 2.75) is 13.3 Å². The molecule has 0 amide bonds. The van der Waals surface area contributed by atoms with Gasteiger partial charge in [-0.05, 0) is 47.5 Å². The third kappa shape index (κ3) is 2.35. The quantitative estimate of drug-likeness (QED) is 0.611. The highest BCUT2D eigenvalue weighted by molar-refractivity contribution is 9.10. The first-order valence-electron chi connectivity index (χ1n) is 5.36. The number of carbonyl (C=O) groups excluding carboxylic acids is 1. The molecular formula is C13H14BrNO. The molecule has 2 rings (SSSR count). The maximum Gasteiger partial charge on any atom is 0.150 e. The zero-order valence-electron chi connectivity index (χ0n) is 9.24. The summed E-state index contributed by atoms with van der Waals surface area (Å²) >= 11 is 3.52. The van der Waals surface area contributed by atoms with Crippen LogP contribution in [0.5, 0.6) is 0 Å². The highest BCUT2D eigenvalue weighted by atomic mass is 79.9.